The first-order chi connectivity index (χ1) is 7.17. The average Bonchev–Trinajstić information content (AvgIpc) is 2.26. The second kappa shape index (κ2) is 10.9. The van der Waals surface area contributed by atoms with E-state index < -0.39 is 0 Å². The monoisotopic (exact) mass is 217 g/mol. The number of nitrogens with zero attached hydrogens (tertiary/aromatic N) is 1. The lowest BCUT2D eigenvalue weighted by Crippen LogP contribution is -1.93. The van der Waals surface area contributed by atoms with E-state index in [0.29, 0.717) is 5.56 Å². The van der Waals surface area contributed by atoms with Gasteiger partial charge in [0, 0.05) is 20.4 Å². The van der Waals surface area contributed by atoms with Crippen molar-refractivity contribution in [1.82, 2.24) is 4.98 Å². The standard InChI is InChI=1S/C7H8FNO.C2H6O.C2H6/c1-5-3-4-9-7(10-2)6(5)8;1-3-2;1-2/h3-4H,1-2H3;1-2H3;1-2H3. The van der Waals surface area contributed by atoms with Crippen molar-refractivity contribution in [1.29, 1.82) is 0 Å². The van der Waals surface area contributed by atoms with Crippen molar-refractivity contribution < 1.29 is 13.9 Å². The quantitative estimate of drug-likeness (QED) is 0.724. The molecule has 0 aliphatic rings. The van der Waals surface area contributed by atoms with Crippen molar-refractivity contribution >= 4 is 0 Å². The van der Waals surface area contributed by atoms with Crippen LogP contribution in [0, 0.1) is 12.7 Å². The van der Waals surface area contributed by atoms with E-state index in [0.717, 1.165) is 0 Å². The van der Waals surface area contributed by atoms with Gasteiger partial charge in [0.2, 0.25) is 5.88 Å². The predicted octanol–water partition coefficient (Wildman–Crippen LogP) is 2.83. The fraction of sp³-hybridized carbons (Fsp3) is 0.545. The summed E-state index contributed by atoms with van der Waals surface area (Å²) in [5, 5.41) is 0. The maximum Gasteiger partial charge on any atom is 0.250 e. The number of halogens is 1. The molecule has 0 radical (unpaired) electrons. The molecule has 0 aliphatic carbocycles. The Bertz CT molecular complexity index is 254. The van der Waals surface area contributed by atoms with Crippen molar-refractivity contribution in [2.24, 2.45) is 0 Å². The highest BCUT2D eigenvalue weighted by Gasteiger charge is 2.04. The zero-order valence-corrected chi connectivity index (χ0v) is 10.3. The minimum atomic E-state index is -0.384. The van der Waals surface area contributed by atoms with Crippen LogP contribution in [0.5, 0.6) is 5.88 Å². The molecule has 0 bridgehead atoms. The number of aromatic nitrogens is 1. The van der Waals surface area contributed by atoms with Gasteiger partial charge in [-0.25, -0.2) is 9.37 Å². The lowest BCUT2D eigenvalue weighted by atomic mass is 10.3. The molecule has 0 fully saturated rings. The third-order valence-electron chi connectivity index (χ3n) is 1.24. The van der Waals surface area contributed by atoms with Gasteiger partial charge in [-0.3, -0.25) is 0 Å². The fourth-order valence-corrected chi connectivity index (χ4v) is 0.658. The summed E-state index contributed by atoms with van der Waals surface area (Å²) in [6.07, 6.45) is 1.51. The van der Waals surface area contributed by atoms with E-state index in [2.05, 4.69) is 14.5 Å². The number of hydrogen-bond acceptors (Lipinski definition) is 3. The Kier molecular flexibility index (Phi) is 11.8. The molecule has 4 heteroatoms. The van der Waals surface area contributed by atoms with Crippen LogP contribution in [0.1, 0.15) is 19.4 Å². The zero-order chi connectivity index (χ0) is 12.3. The maximum absolute atomic E-state index is 12.8. The van der Waals surface area contributed by atoms with E-state index in [1.54, 1.807) is 27.2 Å². The van der Waals surface area contributed by atoms with Gasteiger partial charge in [-0.05, 0) is 18.6 Å². The predicted molar refractivity (Wildman–Crippen MR) is 59.8 cm³/mol. The van der Waals surface area contributed by atoms with Gasteiger partial charge in [0.1, 0.15) is 0 Å². The molecule has 3 nitrogen and oxygen atoms in total. The highest BCUT2D eigenvalue weighted by atomic mass is 19.1. The second-order valence-corrected chi connectivity index (χ2v) is 2.36. The molecule has 1 aromatic heterocycles. The molecule has 1 aromatic rings. The maximum atomic E-state index is 12.8. The molecule has 0 aromatic carbocycles. The van der Waals surface area contributed by atoms with Crippen molar-refractivity contribution in [2.75, 3.05) is 21.3 Å². The molecule has 0 unspecified atom stereocenters. The number of hydrogen-bond donors (Lipinski definition) is 0. The summed E-state index contributed by atoms with van der Waals surface area (Å²) in [4.78, 5) is 3.66. The van der Waals surface area contributed by atoms with Crippen molar-refractivity contribution in [3.8, 4) is 5.88 Å². The van der Waals surface area contributed by atoms with Gasteiger partial charge >= 0.3 is 0 Å². The number of aryl methyl sites for hydroxylation is 1. The Morgan fingerprint density at radius 2 is 1.67 bits per heavy atom. The third kappa shape index (κ3) is 6.85. The molecule has 0 atom stereocenters. The second-order valence-electron chi connectivity index (χ2n) is 2.36. The van der Waals surface area contributed by atoms with Gasteiger partial charge in [0.25, 0.3) is 0 Å². The van der Waals surface area contributed by atoms with Crippen molar-refractivity contribution in [3.63, 3.8) is 0 Å². The van der Waals surface area contributed by atoms with Crippen LogP contribution in [-0.4, -0.2) is 26.3 Å². The fourth-order valence-electron chi connectivity index (χ4n) is 0.658. The van der Waals surface area contributed by atoms with E-state index in [1.165, 1.54) is 13.3 Å². The molecule has 1 heterocycles. The minimum Gasteiger partial charge on any atom is -0.479 e. The molecule has 0 aliphatic heterocycles. The van der Waals surface area contributed by atoms with Gasteiger partial charge in [-0.1, -0.05) is 13.8 Å². The normalized spacial score (nSPS) is 7.93. The van der Waals surface area contributed by atoms with Gasteiger partial charge in [0.15, 0.2) is 5.82 Å². The van der Waals surface area contributed by atoms with Crippen molar-refractivity contribution in [2.45, 2.75) is 20.8 Å². The first-order valence-corrected chi connectivity index (χ1v) is 4.72. The van der Waals surface area contributed by atoms with Crippen LogP contribution in [0.2, 0.25) is 0 Å². The Morgan fingerprint density at radius 1 is 1.20 bits per heavy atom. The Hall–Kier alpha value is -1.16. The Morgan fingerprint density at radius 3 is 2.00 bits per heavy atom. The van der Waals surface area contributed by atoms with Crippen molar-refractivity contribution in [3.05, 3.63) is 23.6 Å². The largest absolute Gasteiger partial charge is 0.479 e. The summed E-state index contributed by atoms with van der Waals surface area (Å²) in [6, 6.07) is 1.60. The van der Waals surface area contributed by atoms with E-state index in [9.17, 15) is 4.39 Å². The summed E-state index contributed by atoms with van der Waals surface area (Å²) in [7, 11) is 4.64. The van der Waals surface area contributed by atoms with Crippen LogP contribution in [0.25, 0.3) is 0 Å². The zero-order valence-electron chi connectivity index (χ0n) is 10.3. The Labute approximate surface area is 91.2 Å². The lowest BCUT2D eigenvalue weighted by Gasteiger charge is -2.00. The minimum absolute atomic E-state index is 0.0556. The van der Waals surface area contributed by atoms with Crippen LogP contribution in [0.15, 0.2) is 12.3 Å². The van der Waals surface area contributed by atoms with E-state index in [4.69, 9.17) is 0 Å². The highest BCUT2D eigenvalue weighted by molar-refractivity contribution is 5.21. The summed E-state index contributed by atoms with van der Waals surface area (Å²) < 4.78 is 21.7. The van der Waals surface area contributed by atoms with Gasteiger partial charge in [-0.2, -0.15) is 0 Å². The number of pyridine rings is 1. The smallest absolute Gasteiger partial charge is 0.250 e. The Balaban J connectivity index is 0. The van der Waals surface area contributed by atoms with E-state index in [-0.39, 0.29) is 11.7 Å². The first kappa shape index (κ1) is 16.3. The van der Waals surface area contributed by atoms with E-state index in [1.807, 2.05) is 13.8 Å². The number of methoxy groups -OCH3 is 2. The highest BCUT2D eigenvalue weighted by Crippen LogP contribution is 2.14. The average molecular weight is 217 g/mol. The number of ether oxygens (including phenoxy) is 2. The van der Waals surface area contributed by atoms with Crippen LogP contribution < -0.4 is 4.74 Å². The molecule has 0 amide bonds. The molecule has 0 saturated carbocycles. The molecule has 0 N–H and O–H groups in total. The molecular formula is C11H20FNO2. The lowest BCUT2D eigenvalue weighted by molar-refractivity contribution is 0.277. The topological polar surface area (TPSA) is 31.4 Å². The molecule has 0 spiro atoms. The summed E-state index contributed by atoms with van der Waals surface area (Å²) in [5.74, 6) is -0.329. The summed E-state index contributed by atoms with van der Waals surface area (Å²) >= 11 is 0. The van der Waals surface area contributed by atoms with Crippen LogP contribution in [0.3, 0.4) is 0 Å². The van der Waals surface area contributed by atoms with Gasteiger partial charge in [0.05, 0.1) is 7.11 Å². The molecular weight excluding hydrogens is 197 g/mol. The molecule has 15 heavy (non-hydrogen) atoms. The van der Waals surface area contributed by atoms with Crippen LogP contribution in [0.4, 0.5) is 4.39 Å². The van der Waals surface area contributed by atoms with Crippen LogP contribution in [-0.2, 0) is 4.74 Å². The summed E-state index contributed by atoms with van der Waals surface area (Å²) in [5.41, 5.74) is 0.548. The van der Waals surface area contributed by atoms with E-state index >= 15 is 0 Å². The third-order valence-corrected chi connectivity index (χ3v) is 1.24. The van der Waals surface area contributed by atoms with Crippen LogP contribution >= 0.6 is 0 Å². The SMILES string of the molecule is CC.COC.COc1nccc(C)c1F. The first-order valence-electron chi connectivity index (χ1n) is 4.72. The molecule has 0 saturated heterocycles. The number of rotatable bonds is 1. The molecule has 1 rings (SSSR count). The van der Waals surface area contributed by atoms with Gasteiger partial charge in [-0.15, -0.1) is 0 Å². The van der Waals surface area contributed by atoms with Gasteiger partial charge < -0.3 is 9.47 Å². The summed E-state index contributed by atoms with van der Waals surface area (Å²) in [6.45, 7) is 5.67. The molecule has 88 valence electrons.